The number of nitrogens with zero attached hydrogens (tertiary/aromatic N) is 1. The molecule has 9 heteroatoms. The van der Waals surface area contributed by atoms with E-state index < -0.39 is 25.4 Å². The zero-order chi connectivity index (χ0) is 16.7. The molecule has 1 atom stereocenters. The monoisotopic (exact) mass is 344 g/mol. The summed E-state index contributed by atoms with van der Waals surface area (Å²) in [6, 6.07) is -0.263. The average molecular weight is 344 g/mol. The largest absolute Gasteiger partial charge is 0.478 e. The van der Waals surface area contributed by atoms with Gasteiger partial charge in [-0.15, -0.1) is 0 Å². The van der Waals surface area contributed by atoms with Gasteiger partial charge in [0, 0.05) is 5.66 Å². The molecule has 2 nitrogen and oxygen atoms in total. The minimum absolute atomic E-state index is 0.0858. The average Bonchev–Trinajstić information content (AvgIpc) is 2.91. The topological polar surface area (TPSA) is 21.6 Å². The normalized spacial score (nSPS) is 25.2. The zero-order valence-corrected chi connectivity index (χ0v) is 12.6. The van der Waals surface area contributed by atoms with E-state index in [-0.39, 0.29) is 30.4 Å². The van der Waals surface area contributed by atoms with Crippen LogP contribution in [0.1, 0.15) is 13.8 Å². The van der Waals surface area contributed by atoms with Gasteiger partial charge in [-0.2, -0.15) is 26.3 Å². The molecule has 123 valence electrons. The molecule has 5 radical (unpaired) electrons. The van der Waals surface area contributed by atoms with Gasteiger partial charge in [-0.25, -0.2) is 4.99 Å². The van der Waals surface area contributed by atoms with Crippen LogP contribution in [0, 0.1) is 36.8 Å². The highest BCUT2D eigenvalue weighted by atomic mass is 31.1. The third-order valence-corrected chi connectivity index (χ3v) is 5.10. The van der Waals surface area contributed by atoms with E-state index in [1.165, 1.54) is 6.42 Å². The van der Waals surface area contributed by atoms with Gasteiger partial charge in [0.25, 0.3) is 0 Å². The highest BCUT2D eigenvalue weighted by Crippen LogP contribution is 2.74. The minimum Gasteiger partial charge on any atom is -0.478 e. The van der Waals surface area contributed by atoms with Crippen molar-refractivity contribution in [2.45, 2.75) is 31.7 Å². The first-order valence-electron chi connectivity index (χ1n) is 6.42. The Morgan fingerprint density at radius 1 is 1.14 bits per heavy atom. The number of hydrogen-bond donors (Lipinski definition) is 0. The number of rotatable bonds is 3. The van der Waals surface area contributed by atoms with Crippen molar-refractivity contribution in [3.8, 4) is 0 Å². The maximum Gasteiger partial charge on any atom is 0.414 e. The van der Waals surface area contributed by atoms with Crippen molar-refractivity contribution in [1.29, 1.82) is 0 Å². The van der Waals surface area contributed by atoms with Crippen molar-refractivity contribution in [3.05, 3.63) is 30.8 Å². The molecule has 0 saturated heterocycles. The van der Waals surface area contributed by atoms with Crippen LogP contribution in [0.2, 0.25) is 0 Å². The van der Waals surface area contributed by atoms with Gasteiger partial charge < -0.3 is 4.74 Å². The molecule has 1 saturated carbocycles. The number of hydrogen-bond acceptors (Lipinski definition) is 2. The fourth-order valence-electron chi connectivity index (χ4n) is 2.08. The highest BCUT2D eigenvalue weighted by molar-refractivity contribution is 7.63. The van der Waals surface area contributed by atoms with Crippen LogP contribution >= 0.6 is 7.92 Å². The molecule has 1 fully saturated rings. The van der Waals surface area contributed by atoms with E-state index >= 15 is 0 Å². The molecule has 0 amide bonds. The third-order valence-electron chi connectivity index (χ3n) is 3.21. The van der Waals surface area contributed by atoms with E-state index in [1.807, 2.05) is 13.8 Å². The smallest absolute Gasteiger partial charge is 0.414 e. The number of aliphatic imine (C=N–C) groups is 1. The summed E-state index contributed by atoms with van der Waals surface area (Å²) in [4.78, 5) is 4.11. The molecule has 22 heavy (non-hydrogen) atoms. The van der Waals surface area contributed by atoms with Crippen LogP contribution in [0.3, 0.4) is 0 Å². The molecular formula is C13H13F6NOP. The van der Waals surface area contributed by atoms with E-state index in [2.05, 4.69) is 4.99 Å². The Labute approximate surface area is 126 Å². The second-order valence-corrected chi connectivity index (χ2v) is 7.32. The summed E-state index contributed by atoms with van der Waals surface area (Å²) in [5.41, 5.74) is -0.807. The first kappa shape index (κ1) is 17.8. The van der Waals surface area contributed by atoms with Crippen LogP contribution in [-0.2, 0) is 4.74 Å². The van der Waals surface area contributed by atoms with Gasteiger partial charge in [0.15, 0.2) is 5.90 Å². The lowest BCUT2D eigenvalue weighted by atomic mass is 10.1. The van der Waals surface area contributed by atoms with E-state index in [1.54, 1.807) is 0 Å². The quantitative estimate of drug-likeness (QED) is 0.537. The molecule has 1 aliphatic heterocycles. The molecule has 2 rings (SSSR count). The summed E-state index contributed by atoms with van der Waals surface area (Å²) in [5.74, 6) is -11.0. The van der Waals surface area contributed by atoms with Crippen molar-refractivity contribution >= 4 is 13.8 Å². The lowest BCUT2D eigenvalue weighted by Crippen LogP contribution is -2.26. The van der Waals surface area contributed by atoms with Gasteiger partial charge in [0.05, 0.1) is 12.0 Å². The predicted molar refractivity (Wildman–Crippen MR) is 70.4 cm³/mol. The molecule has 0 aromatic heterocycles. The number of ether oxygens (including phenoxy) is 1. The van der Waals surface area contributed by atoms with Gasteiger partial charge >= 0.3 is 11.8 Å². The van der Waals surface area contributed by atoms with Crippen molar-refractivity contribution in [2.24, 2.45) is 10.9 Å². The van der Waals surface area contributed by atoms with Crippen molar-refractivity contribution < 1.29 is 31.1 Å². The number of halogens is 6. The Balaban J connectivity index is 2.25. The Morgan fingerprint density at radius 2 is 1.73 bits per heavy atom. The summed E-state index contributed by atoms with van der Waals surface area (Å²) >= 11 is 0. The lowest BCUT2D eigenvalue weighted by molar-refractivity contribution is -0.0826. The molecule has 1 heterocycles. The zero-order valence-electron chi connectivity index (χ0n) is 11.7. The Kier molecular flexibility index (Phi) is 5.00. The molecule has 0 spiro atoms. The van der Waals surface area contributed by atoms with Crippen LogP contribution in [0.15, 0.2) is 4.99 Å². The Hall–Kier alpha value is -0.520. The van der Waals surface area contributed by atoms with Crippen LogP contribution in [0.25, 0.3) is 0 Å². The molecule has 0 bridgehead atoms. The molecule has 0 unspecified atom stereocenters. The van der Waals surface area contributed by atoms with Crippen LogP contribution in [0.4, 0.5) is 26.3 Å². The van der Waals surface area contributed by atoms with E-state index in [4.69, 9.17) is 4.74 Å². The summed E-state index contributed by atoms with van der Waals surface area (Å²) in [5, 5.41) is 0. The van der Waals surface area contributed by atoms with E-state index in [0.717, 1.165) is 12.8 Å². The van der Waals surface area contributed by atoms with E-state index in [9.17, 15) is 26.3 Å². The van der Waals surface area contributed by atoms with Crippen LogP contribution < -0.4 is 0 Å². The van der Waals surface area contributed by atoms with Gasteiger partial charge in [-0.3, -0.25) is 0 Å². The van der Waals surface area contributed by atoms with Crippen LogP contribution in [0.5, 0.6) is 0 Å². The molecule has 0 aromatic rings. The predicted octanol–water partition coefficient (Wildman–Crippen LogP) is 4.69. The van der Waals surface area contributed by atoms with Crippen molar-refractivity contribution in [1.82, 2.24) is 0 Å². The first-order chi connectivity index (χ1) is 10.0. The standard InChI is InChI=1S/C13H13F6NOP/c1-7(2)9-6-21-11(20-9)8-4-3-5-10(8)22(12(14,15)16)13(17,18)19/h3-5,7,9H,6H2,1-2H3/t9-/m1/s1. The van der Waals surface area contributed by atoms with Gasteiger partial charge in [0.1, 0.15) is 14.5 Å². The summed E-state index contributed by atoms with van der Waals surface area (Å²) in [6.45, 7) is 3.86. The number of alkyl halides is 6. The second kappa shape index (κ2) is 6.17. The van der Waals surface area contributed by atoms with Crippen LogP contribution in [-0.4, -0.2) is 30.4 Å². The molecule has 2 aliphatic rings. The molecule has 0 N–H and O–H groups in total. The van der Waals surface area contributed by atoms with Crippen molar-refractivity contribution in [3.63, 3.8) is 0 Å². The first-order valence-corrected chi connectivity index (χ1v) is 7.76. The second-order valence-electron chi connectivity index (χ2n) is 5.15. The maximum atomic E-state index is 12.9. The summed E-state index contributed by atoms with van der Waals surface area (Å²) < 4.78 is 82.5. The maximum absolute atomic E-state index is 12.9. The molecular weight excluding hydrogens is 331 g/mol. The van der Waals surface area contributed by atoms with Gasteiger partial charge in [-0.1, -0.05) is 13.8 Å². The molecule has 0 aromatic carbocycles. The lowest BCUT2D eigenvalue weighted by Gasteiger charge is -2.30. The van der Waals surface area contributed by atoms with Gasteiger partial charge in [0.2, 0.25) is 0 Å². The Morgan fingerprint density at radius 3 is 2.18 bits per heavy atom. The molecule has 1 aliphatic carbocycles. The summed E-state index contributed by atoms with van der Waals surface area (Å²) in [7, 11) is -4.33. The van der Waals surface area contributed by atoms with Gasteiger partial charge in [-0.05, 0) is 25.2 Å². The SMILES string of the molecule is CC(C)[C@H]1COC([C]2[CH][CH][CH][C]2P(C(F)(F)F)C(F)(F)F)=N1. The summed E-state index contributed by atoms with van der Waals surface area (Å²) in [6.07, 6.45) is 3.19. The van der Waals surface area contributed by atoms with E-state index in [0.29, 0.717) is 0 Å². The van der Waals surface area contributed by atoms with Crippen molar-refractivity contribution in [2.75, 3.05) is 6.61 Å². The minimum atomic E-state index is -5.37. The Bertz CT molecular complexity index is 419. The fourth-order valence-corrected chi connectivity index (χ4v) is 3.56. The third kappa shape index (κ3) is 3.69. The highest BCUT2D eigenvalue weighted by Gasteiger charge is 2.63. The fraction of sp³-hybridized carbons (Fsp3) is 0.538.